The number of nitrogens with zero attached hydrogens (tertiary/aromatic N) is 4. The summed E-state index contributed by atoms with van der Waals surface area (Å²) < 4.78 is 4.97. The summed E-state index contributed by atoms with van der Waals surface area (Å²) in [6.45, 7) is 17.3. The Labute approximate surface area is 138 Å². The van der Waals surface area contributed by atoms with Gasteiger partial charge in [0.05, 0.1) is 13.2 Å². The van der Waals surface area contributed by atoms with E-state index in [0.717, 1.165) is 37.6 Å². The molecule has 0 radical (unpaired) electrons. The molecule has 6 heteroatoms. The molecule has 0 bridgehead atoms. The summed E-state index contributed by atoms with van der Waals surface area (Å²) in [6, 6.07) is 0. The molecule has 0 N–H and O–H groups in total. The number of piperazine rings is 1. The highest BCUT2D eigenvalue weighted by molar-refractivity contribution is 5.92. The van der Waals surface area contributed by atoms with E-state index in [-0.39, 0.29) is 12.3 Å². The first-order chi connectivity index (χ1) is 11.0. The topological polar surface area (TPSA) is 40.4 Å². The minimum atomic E-state index is -0.557. The van der Waals surface area contributed by atoms with Crippen LogP contribution in [0.2, 0.25) is 0 Å². The van der Waals surface area contributed by atoms with E-state index >= 15 is 0 Å². The highest BCUT2D eigenvalue weighted by atomic mass is 16.5. The maximum Gasteiger partial charge on any atom is 0.336 e. The van der Waals surface area contributed by atoms with Crippen LogP contribution in [0.3, 0.4) is 0 Å². The van der Waals surface area contributed by atoms with Crippen molar-refractivity contribution in [2.75, 3.05) is 39.8 Å². The van der Waals surface area contributed by atoms with E-state index in [1.54, 1.807) is 6.92 Å². The van der Waals surface area contributed by atoms with Gasteiger partial charge in [-0.3, -0.25) is 9.80 Å². The van der Waals surface area contributed by atoms with Crippen LogP contribution in [0.4, 0.5) is 0 Å². The number of hydrazine groups is 1. The Balaban J connectivity index is 2.27. The molecule has 0 aliphatic carbocycles. The second kappa shape index (κ2) is 7.44. The normalized spacial score (nSPS) is 19.8. The van der Waals surface area contributed by atoms with Crippen LogP contribution in [-0.4, -0.2) is 60.7 Å². The SMILES string of the molecule is [C-]#[N+]C(C(=O)OCC)=C1C=C(C)N(N2CCN(C)CC2)C(C)=C1. The Morgan fingerprint density at radius 3 is 2.26 bits per heavy atom. The van der Waals surface area contributed by atoms with Crippen LogP contribution < -0.4 is 0 Å². The van der Waals surface area contributed by atoms with Gasteiger partial charge < -0.3 is 9.64 Å². The molecule has 124 valence electrons. The molecule has 0 aromatic carbocycles. The lowest BCUT2D eigenvalue weighted by atomic mass is 10.1. The Hall–Kier alpha value is -2.10. The van der Waals surface area contributed by atoms with Gasteiger partial charge in [-0.1, -0.05) is 0 Å². The molecule has 1 saturated heterocycles. The first-order valence-corrected chi connectivity index (χ1v) is 7.87. The molecule has 0 aromatic heterocycles. The van der Waals surface area contributed by atoms with E-state index in [1.807, 2.05) is 26.0 Å². The number of ether oxygens (including phenoxy) is 1. The van der Waals surface area contributed by atoms with Gasteiger partial charge >= 0.3 is 5.97 Å². The third-order valence-electron chi connectivity index (χ3n) is 4.01. The van der Waals surface area contributed by atoms with Gasteiger partial charge in [-0.2, -0.15) is 0 Å². The number of allylic oxidation sites excluding steroid dienone is 5. The molecule has 0 aromatic rings. The number of rotatable bonds is 3. The van der Waals surface area contributed by atoms with Crippen molar-refractivity contribution < 1.29 is 9.53 Å². The van der Waals surface area contributed by atoms with Crippen LogP contribution >= 0.6 is 0 Å². The quantitative estimate of drug-likeness (QED) is 0.452. The highest BCUT2D eigenvalue weighted by Gasteiger charge is 2.26. The third-order valence-corrected chi connectivity index (χ3v) is 4.01. The average Bonchev–Trinajstić information content (AvgIpc) is 2.49. The van der Waals surface area contributed by atoms with Crippen molar-refractivity contribution in [3.05, 3.63) is 46.2 Å². The smallest absolute Gasteiger partial charge is 0.336 e. The molecule has 0 saturated carbocycles. The second-order valence-corrected chi connectivity index (χ2v) is 5.78. The van der Waals surface area contributed by atoms with E-state index in [2.05, 4.69) is 26.8 Å². The van der Waals surface area contributed by atoms with Crippen molar-refractivity contribution in [2.24, 2.45) is 0 Å². The number of hydrogen-bond acceptors (Lipinski definition) is 5. The minimum Gasteiger partial charge on any atom is -0.471 e. The van der Waals surface area contributed by atoms with Crippen LogP contribution in [0.5, 0.6) is 0 Å². The predicted molar refractivity (Wildman–Crippen MR) is 88.7 cm³/mol. The van der Waals surface area contributed by atoms with Crippen molar-refractivity contribution in [3.8, 4) is 0 Å². The van der Waals surface area contributed by atoms with Crippen molar-refractivity contribution in [1.82, 2.24) is 14.9 Å². The maximum absolute atomic E-state index is 11.9. The number of likely N-dealkylation sites (N-methyl/N-ethyl adjacent to an activating group) is 1. The van der Waals surface area contributed by atoms with Crippen molar-refractivity contribution in [2.45, 2.75) is 20.8 Å². The molecule has 23 heavy (non-hydrogen) atoms. The summed E-state index contributed by atoms with van der Waals surface area (Å²) in [5, 5.41) is 4.47. The Kier molecular flexibility index (Phi) is 5.59. The number of carbonyl (C=O) groups excluding carboxylic acids is 1. The molecule has 6 nitrogen and oxygen atoms in total. The molecule has 0 unspecified atom stereocenters. The summed E-state index contributed by atoms with van der Waals surface area (Å²) in [5.41, 5.74) is 2.69. The average molecular weight is 316 g/mol. The van der Waals surface area contributed by atoms with Crippen molar-refractivity contribution in [1.29, 1.82) is 0 Å². The molecule has 0 spiro atoms. The molecule has 2 aliphatic rings. The lowest BCUT2D eigenvalue weighted by Gasteiger charge is -2.43. The van der Waals surface area contributed by atoms with Crippen molar-refractivity contribution >= 4 is 5.97 Å². The Morgan fingerprint density at radius 1 is 1.22 bits per heavy atom. The molecule has 1 fully saturated rings. The molecule has 0 atom stereocenters. The molecule has 0 amide bonds. The lowest BCUT2D eigenvalue weighted by Crippen LogP contribution is -2.51. The van der Waals surface area contributed by atoms with Crippen LogP contribution in [0.25, 0.3) is 4.85 Å². The molecule has 2 heterocycles. The molecule has 2 rings (SSSR count). The zero-order valence-electron chi connectivity index (χ0n) is 14.3. The highest BCUT2D eigenvalue weighted by Crippen LogP contribution is 2.27. The number of hydrogen-bond donors (Lipinski definition) is 0. The fourth-order valence-electron chi connectivity index (χ4n) is 2.90. The third kappa shape index (κ3) is 3.81. The minimum absolute atomic E-state index is 0.0450. The first-order valence-electron chi connectivity index (χ1n) is 7.87. The first kappa shape index (κ1) is 17.3. The van der Waals surface area contributed by atoms with Crippen LogP contribution in [0, 0.1) is 6.57 Å². The summed E-state index contributed by atoms with van der Waals surface area (Å²) in [5.74, 6) is -0.557. The predicted octanol–water partition coefficient (Wildman–Crippen LogP) is 2.01. The Morgan fingerprint density at radius 2 is 1.78 bits per heavy atom. The van der Waals surface area contributed by atoms with Crippen LogP contribution in [0.1, 0.15) is 20.8 Å². The summed E-state index contributed by atoms with van der Waals surface area (Å²) in [6.07, 6.45) is 3.77. The van der Waals surface area contributed by atoms with Gasteiger partial charge in [0, 0.05) is 37.6 Å². The fourth-order valence-corrected chi connectivity index (χ4v) is 2.90. The lowest BCUT2D eigenvalue weighted by molar-refractivity contribution is -0.138. The van der Waals surface area contributed by atoms with Gasteiger partial charge in [0.25, 0.3) is 5.70 Å². The second-order valence-electron chi connectivity index (χ2n) is 5.78. The number of carbonyl (C=O) groups is 1. The fraction of sp³-hybridized carbons (Fsp3) is 0.529. The number of esters is 1. The van der Waals surface area contributed by atoms with Gasteiger partial charge in [-0.15, -0.1) is 0 Å². The van der Waals surface area contributed by atoms with Gasteiger partial charge in [0.15, 0.2) is 0 Å². The zero-order chi connectivity index (χ0) is 17.0. The molecule has 2 aliphatic heterocycles. The van der Waals surface area contributed by atoms with Gasteiger partial charge in [-0.25, -0.2) is 9.85 Å². The summed E-state index contributed by atoms with van der Waals surface area (Å²) >= 11 is 0. The molecular weight excluding hydrogens is 292 g/mol. The van der Waals surface area contributed by atoms with Gasteiger partial charge in [-0.05, 0) is 45.5 Å². The van der Waals surface area contributed by atoms with E-state index < -0.39 is 5.97 Å². The van der Waals surface area contributed by atoms with Crippen LogP contribution in [-0.2, 0) is 9.53 Å². The van der Waals surface area contributed by atoms with E-state index in [9.17, 15) is 4.79 Å². The van der Waals surface area contributed by atoms with Gasteiger partial charge in [0.2, 0.25) is 0 Å². The summed E-state index contributed by atoms with van der Waals surface area (Å²) in [7, 11) is 2.13. The monoisotopic (exact) mass is 316 g/mol. The van der Waals surface area contributed by atoms with Crippen molar-refractivity contribution in [3.63, 3.8) is 0 Å². The van der Waals surface area contributed by atoms with Gasteiger partial charge in [0.1, 0.15) is 0 Å². The van der Waals surface area contributed by atoms with E-state index in [4.69, 9.17) is 11.3 Å². The Bertz CT molecular complexity index is 583. The summed E-state index contributed by atoms with van der Waals surface area (Å²) in [4.78, 5) is 17.6. The molecular formula is C17H24N4O2. The van der Waals surface area contributed by atoms with E-state index in [1.165, 1.54) is 0 Å². The largest absolute Gasteiger partial charge is 0.471 e. The van der Waals surface area contributed by atoms with Crippen LogP contribution in [0.15, 0.2) is 34.8 Å². The van der Waals surface area contributed by atoms with E-state index in [0.29, 0.717) is 5.57 Å². The standard InChI is InChI=1S/C17H24N4O2/c1-6-23-17(22)16(18-4)15-11-13(2)21(14(3)12-15)20-9-7-19(5)8-10-20/h11-12H,6-10H2,1-3,5H3. The maximum atomic E-state index is 11.9. The zero-order valence-corrected chi connectivity index (χ0v) is 14.3.